The van der Waals surface area contributed by atoms with Crippen molar-refractivity contribution in [3.8, 4) is 5.75 Å². The molecule has 0 unspecified atom stereocenters. The summed E-state index contributed by atoms with van der Waals surface area (Å²) in [4.78, 5) is 25.4. The Morgan fingerprint density at radius 2 is 2.00 bits per heavy atom. The van der Waals surface area contributed by atoms with Gasteiger partial charge in [0.25, 0.3) is 5.91 Å². The maximum Gasteiger partial charge on any atom is 0.262 e. The molecule has 1 aromatic carbocycles. The number of anilines is 3. The Morgan fingerprint density at radius 3 is 2.68 bits per heavy atom. The number of halogens is 2. The number of piperidine rings is 1. The van der Waals surface area contributed by atoms with Crippen molar-refractivity contribution in [2.45, 2.75) is 19.3 Å². The van der Waals surface area contributed by atoms with Gasteiger partial charge in [0.1, 0.15) is 11.4 Å². The highest BCUT2D eigenvalue weighted by Crippen LogP contribution is 2.28. The number of ether oxygens (including phenoxy) is 1. The van der Waals surface area contributed by atoms with Gasteiger partial charge in [0.15, 0.2) is 12.4 Å². The van der Waals surface area contributed by atoms with E-state index < -0.39 is 0 Å². The average Bonchev–Trinajstić information content (AvgIpc) is 2.68. The van der Waals surface area contributed by atoms with E-state index in [2.05, 4.69) is 20.2 Å². The average molecular weight is 424 g/mol. The van der Waals surface area contributed by atoms with Crippen LogP contribution in [0.3, 0.4) is 0 Å². The third-order valence-corrected chi connectivity index (χ3v) is 4.88. The Kier molecular flexibility index (Phi) is 6.80. The molecule has 7 nitrogen and oxygen atoms in total. The molecule has 0 saturated carbocycles. The number of amides is 1. The standard InChI is InChI=1S/C19H23Cl2N5O2/c1-25(2)18-15(11-22-19(24-18)26-8-4-3-5-9-26)23-17(27)12-28-16-7-6-13(20)10-14(16)21/h6-7,10-11H,3-5,8-9,12H2,1-2H3,(H,23,27). The molecule has 3 rings (SSSR count). The van der Waals surface area contributed by atoms with Gasteiger partial charge >= 0.3 is 0 Å². The van der Waals surface area contributed by atoms with Gasteiger partial charge in [-0.2, -0.15) is 4.98 Å². The van der Waals surface area contributed by atoms with E-state index in [1.807, 2.05) is 19.0 Å². The second kappa shape index (κ2) is 9.30. The number of hydrogen-bond acceptors (Lipinski definition) is 6. The van der Waals surface area contributed by atoms with E-state index >= 15 is 0 Å². The molecule has 0 aliphatic carbocycles. The van der Waals surface area contributed by atoms with Crippen LogP contribution in [-0.2, 0) is 4.79 Å². The van der Waals surface area contributed by atoms with Gasteiger partial charge in [-0.05, 0) is 37.5 Å². The van der Waals surface area contributed by atoms with Crippen molar-refractivity contribution >= 4 is 46.6 Å². The summed E-state index contributed by atoms with van der Waals surface area (Å²) in [5.74, 6) is 1.40. The predicted octanol–water partition coefficient (Wildman–Crippen LogP) is 3.86. The van der Waals surface area contributed by atoms with Gasteiger partial charge in [-0.25, -0.2) is 4.98 Å². The van der Waals surface area contributed by atoms with E-state index in [1.165, 1.54) is 6.42 Å². The van der Waals surface area contributed by atoms with Crippen LogP contribution in [-0.4, -0.2) is 49.7 Å². The molecule has 1 saturated heterocycles. The molecule has 0 spiro atoms. The van der Waals surface area contributed by atoms with Crippen molar-refractivity contribution in [3.05, 3.63) is 34.4 Å². The largest absolute Gasteiger partial charge is 0.482 e. The molecular weight excluding hydrogens is 401 g/mol. The van der Waals surface area contributed by atoms with Gasteiger partial charge in [0.2, 0.25) is 5.95 Å². The molecule has 1 aliphatic rings. The zero-order valence-corrected chi connectivity index (χ0v) is 17.4. The van der Waals surface area contributed by atoms with Crippen molar-refractivity contribution in [3.63, 3.8) is 0 Å². The van der Waals surface area contributed by atoms with E-state index in [9.17, 15) is 4.79 Å². The summed E-state index contributed by atoms with van der Waals surface area (Å²) < 4.78 is 5.48. The maximum atomic E-state index is 12.3. The molecule has 1 aromatic heterocycles. The van der Waals surface area contributed by atoms with Crippen molar-refractivity contribution < 1.29 is 9.53 Å². The monoisotopic (exact) mass is 423 g/mol. The third kappa shape index (κ3) is 5.17. The van der Waals surface area contributed by atoms with Crippen LogP contribution in [0.1, 0.15) is 19.3 Å². The topological polar surface area (TPSA) is 70.6 Å². The number of nitrogens with zero attached hydrogens (tertiary/aromatic N) is 4. The number of hydrogen-bond donors (Lipinski definition) is 1. The molecule has 0 radical (unpaired) electrons. The smallest absolute Gasteiger partial charge is 0.262 e. The Balaban J connectivity index is 1.67. The lowest BCUT2D eigenvalue weighted by Gasteiger charge is -2.28. The lowest BCUT2D eigenvalue weighted by atomic mass is 10.1. The van der Waals surface area contributed by atoms with Crippen LogP contribution in [0.4, 0.5) is 17.5 Å². The minimum absolute atomic E-state index is 0.192. The first-order chi connectivity index (χ1) is 13.4. The van der Waals surface area contributed by atoms with Crippen LogP contribution in [0.2, 0.25) is 10.0 Å². The first kappa shape index (κ1) is 20.5. The molecule has 1 amide bonds. The number of nitrogens with one attached hydrogen (secondary N) is 1. The first-order valence-corrected chi connectivity index (χ1v) is 9.86. The van der Waals surface area contributed by atoms with Gasteiger partial charge in [0.05, 0.1) is 11.2 Å². The number of benzene rings is 1. The normalized spacial score (nSPS) is 13.9. The minimum atomic E-state index is -0.330. The summed E-state index contributed by atoms with van der Waals surface area (Å²) in [6.45, 7) is 1.71. The van der Waals surface area contributed by atoms with Gasteiger partial charge in [-0.1, -0.05) is 23.2 Å². The summed E-state index contributed by atoms with van der Waals surface area (Å²) in [7, 11) is 3.75. The fourth-order valence-corrected chi connectivity index (χ4v) is 3.42. The number of rotatable bonds is 6. The van der Waals surface area contributed by atoms with E-state index in [0.717, 1.165) is 25.9 Å². The Bertz CT molecular complexity index is 841. The molecule has 28 heavy (non-hydrogen) atoms. The molecule has 150 valence electrons. The van der Waals surface area contributed by atoms with Gasteiger partial charge in [0, 0.05) is 32.2 Å². The Hall–Kier alpha value is -2.25. The van der Waals surface area contributed by atoms with Crippen molar-refractivity contribution in [2.75, 3.05) is 48.9 Å². The molecule has 2 heterocycles. The number of aromatic nitrogens is 2. The number of carbonyl (C=O) groups excluding carboxylic acids is 1. The Labute approximate surface area is 174 Å². The highest BCUT2D eigenvalue weighted by atomic mass is 35.5. The molecule has 1 fully saturated rings. The lowest BCUT2D eigenvalue weighted by Crippen LogP contribution is -2.31. The maximum absolute atomic E-state index is 12.3. The van der Waals surface area contributed by atoms with E-state index in [4.69, 9.17) is 27.9 Å². The summed E-state index contributed by atoms with van der Waals surface area (Å²) in [6.07, 6.45) is 5.16. The van der Waals surface area contributed by atoms with Crippen LogP contribution in [0.15, 0.2) is 24.4 Å². The minimum Gasteiger partial charge on any atom is -0.482 e. The summed E-state index contributed by atoms with van der Waals surface area (Å²) >= 11 is 11.9. The molecule has 2 aromatic rings. The quantitative estimate of drug-likeness (QED) is 0.760. The fourth-order valence-electron chi connectivity index (χ4n) is 2.96. The molecule has 1 aliphatic heterocycles. The summed E-state index contributed by atoms with van der Waals surface area (Å²) in [5.41, 5.74) is 0.529. The molecule has 0 bridgehead atoms. The molecule has 0 atom stereocenters. The summed E-state index contributed by atoms with van der Waals surface area (Å²) in [5, 5.41) is 3.66. The van der Waals surface area contributed by atoms with Crippen molar-refractivity contribution in [1.82, 2.24) is 9.97 Å². The van der Waals surface area contributed by atoms with Crippen LogP contribution >= 0.6 is 23.2 Å². The summed E-state index contributed by atoms with van der Waals surface area (Å²) in [6, 6.07) is 4.84. The molecule has 9 heteroatoms. The zero-order valence-electron chi connectivity index (χ0n) is 15.9. The van der Waals surface area contributed by atoms with Crippen LogP contribution < -0.4 is 19.9 Å². The van der Waals surface area contributed by atoms with E-state index in [-0.39, 0.29) is 12.5 Å². The van der Waals surface area contributed by atoms with Crippen LogP contribution in [0.5, 0.6) is 5.75 Å². The van der Waals surface area contributed by atoms with E-state index in [1.54, 1.807) is 24.4 Å². The molecule has 1 N–H and O–H groups in total. The van der Waals surface area contributed by atoms with Crippen molar-refractivity contribution in [2.24, 2.45) is 0 Å². The van der Waals surface area contributed by atoms with Gasteiger partial charge in [-0.15, -0.1) is 0 Å². The van der Waals surface area contributed by atoms with Crippen LogP contribution in [0.25, 0.3) is 0 Å². The predicted molar refractivity (Wildman–Crippen MR) is 113 cm³/mol. The Morgan fingerprint density at radius 1 is 1.25 bits per heavy atom. The second-order valence-corrected chi connectivity index (χ2v) is 7.60. The fraction of sp³-hybridized carbons (Fsp3) is 0.421. The van der Waals surface area contributed by atoms with Gasteiger partial charge in [-0.3, -0.25) is 4.79 Å². The third-order valence-electron chi connectivity index (χ3n) is 4.35. The van der Waals surface area contributed by atoms with Crippen molar-refractivity contribution in [1.29, 1.82) is 0 Å². The SMILES string of the molecule is CN(C)c1nc(N2CCCCC2)ncc1NC(=O)COc1ccc(Cl)cc1Cl. The second-order valence-electron chi connectivity index (χ2n) is 6.76. The van der Waals surface area contributed by atoms with Gasteiger partial charge < -0.3 is 19.9 Å². The number of carbonyl (C=O) groups is 1. The molecular formula is C19H23Cl2N5O2. The highest BCUT2D eigenvalue weighted by molar-refractivity contribution is 6.35. The zero-order chi connectivity index (χ0) is 20.1. The highest BCUT2D eigenvalue weighted by Gasteiger charge is 2.18. The van der Waals surface area contributed by atoms with E-state index in [0.29, 0.717) is 33.2 Å². The first-order valence-electron chi connectivity index (χ1n) is 9.11. The van der Waals surface area contributed by atoms with Crippen LogP contribution in [0, 0.1) is 0 Å². The lowest BCUT2D eigenvalue weighted by molar-refractivity contribution is -0.118.